The van der Waals surface area contributed by atoms with Gasteiger partial charge in [-0.2, -0.15) is 0 Å². The first-order valence-corrected chi connectivity index (χ1v) is 7.21. The summed E-state index contributed by atoms with van der Waals surface area (Å²) in [5.41, 5.74) is 0.919. The standard InChI is InChI=1S/C16H19NO4/c1-2-11(7-8-14(18)19)9-10-17-15(20)12-5-3-4-6-13(12)16(17)21/h3-6,11H,2,7-10H2,1H3,(H,18,19). The smallest absolute Gasteiger partial charge is 0.303 e. The second-order valence-corrected chi connectivity index (χ2v) is 5.30. The maximum atomic E-state index is 12.2. The zero-order valence-corrected chi connectivity index (χ0v) is 12.0. The molecule has 0 aliphatic carbocycles. The van der Waals surface area contributed by atoms with Crippen LogP contribution in [0.2, 0.25) is 0 Å². The van der Waals surface area contributed by atoms with Gasteiger partial charge in [-0.1, -0.05) is 25.5 Å². The number of carboxylic acid groups (broad SMARTS) is 1. The van der Waals surface area contributed by atoms with Crippen LogP contribution in [-0.2, 0) is 4.79 Å². The monoisotopic (exact) mass is 289 g/mol. The lowest BCUT2D eigenvalue weighted by atomic mass is 9.96. The lowest BCUT2D eigenvalue weighted by Crippen LogP contribution is -2.31. The summed E-state index contributed by atoms with van der Waals surface area (Å²) >= 11 is 0. The van der Waals surface area contributed by atoms with Crippen LogP contribution in [0, 0.1) is 5.92 Å². The second-order valence-electron chi connectivity index (χ2n) is 5.30. The van der Waals surface area contributed by atoms with Gasteiger partial charge >= 0.3 is 5.97 Å². The van der Waals surface area contributed by atoms with Gasteiger partial charge in [0.25, 0.3) is 11.8 Å². The van der Waals surface area contributed by atoms with E-state index in [9.17, 15) is 14.4 Å². The molecule has 1 aromatic rings. The number of hydrogen-bond acceptors (Lipinski definition) is 3. The van der Waals surface area contributed by atoms with E-state index in [1.165, 1.54) is 4.90 Å². The van der Waals surface area contributed by atoms with Crippen molar-refractivity contribution in [3.63, 3.8) is 0 Å². The van der Waals surface area contributed by atoms with Gasteiger partial charge in [-0.3, -0.25) is 19.3 Å². The van der Waals surface area contributed by atoms with Crippen LogP contribution in [0.15, 0.2) is 24.3 Å². The van der Waals surface area contributed by atoms with Gasteiger partial charge in [-0.05, 0) is 30.9 Å². The topological polar surface area (TPSA) is 74.7 Å². The Morgan fingerprint density at radius 2 is 1.71 bits per heavy atom. The van der Waals surface area contributed by atoms with Crippen LogP contribution in [0.5, 0.6) is 0 Å². The summed E-state index contributed by atoms with van der Waals surface area (Å²) < 4.78 is 0. The number of nitrogens with zero attached hydrogens (tertiary/aromatic N) is 1. The van der Waals surface area contributed by atoms with E-state index in [-0.39, 0.29) is 24.2 Å². The van der Waals surface area contributed by atoms with E-state index in [1.807, 2.05) is 6.92 Å². The first-order chi connectivity index (χ1) is 10.0. The minimum absolute atomic E-state index is 0.126. The lowest BCUT2D eigenvalue weighted by Gasteiger charge is -2.18. The predicted octanol–water partition coefficient (Wildman–Crippen LogP) is 2.56. The van der Waals surface area contributed by atoms with Crippen molar-refractivity contribution in [2.45, 2.75) is 32.6 Å². The van der Waals surface area contributed by atoms with Crippen molar-refractivity contribution in [2.75, 3.05) is 6.54 Å². The summed E-state index contributed by atoms with van der Waals surface area (Å²) in [4.78, 5) is 36.3. The number of amides is 2. The molecule has 0 fully saturated rings. The second kappa shape index (κ2) is 6.52. The molecule has 112 valence electrons. The predicted molar refractivity (Wildman–Crippen MR) is 77.1 cm³/mol. The minimum Gasteiger partial charge on any atom is -0.481 e. The van der Waals surface area contributed by atoms with Crippen LogP contribution in [0.3, 0.4) is 0 Å². The normalized spacial score (nSPS) is 15.2. The average Bonchev–Trinajstić information content (AvgIpc) is 2.72. The van der Waals surface area contributed by atoms with Crippen LogP contribution in [-0.4, -0.2) is 34.3 Å². The molecule has 0 saturated carbocycles. The molecule has 1 atom stereocenters. The first kappa shape index (κ1) is 15.2. The Morgan fingerprint density at radius 3 is 2.19 bits per heavy atom. The summed E-state index contributed by atoms with van der Waals surface area (Å²) in [6, 6.07) is 6.82. The highest BCUT2D eigenvalue weighted by Gasteiger charge is 2.34. The van der Waals surface area contributed by atoms with Gasteiger partial charge in [0, 0.05) is 13.0 Å². The summed E-state index contributed by atoms with van der Waals surface area (Å²) in [5.74, 6) is -1.09. The quantitative estimate of drug-likeness (QED) is 0.783. The van der Waals surface area contributed by atoms with Crippen molar-refractivity contribution < 1.29 is 19.5 Å². The Labute approximate surface area is 123 Å². The Hall–Kier alpha value is -2.17. The fourth-order valence-corrected chi connectivity index (χ4v) is 2.63. The molecule has 0 radical (unpaired) electrons. The number of carbonyl (C=O) groups excluding carboxylic acids is 2. The molecule has 0 saturated heterocycles. The highest BCUT2D eigenvalue weighted by molar-refractivity contribution is 6.21. The molecule has 0 aromatic heterocycles. The zero-order chi connectivity index (χ0) is 15.4. The molecule has 21 heavy (non-hydrogen) atoms. The SMILES string of the molecule is CCC(CCC(=O)O)CCN1C(=O)c2ccccc2C1=O. The number of benzene rings is 1. The zero-order valence-electron chi connectivity index (χ0n) is 12.0. The third-order valence-corrected chi connectivity index (χ3v) is 3.98. The summed E-state index contributed by atoms with van der Waals surface area (Å²) in [7, 11) is 0. The lowest BCUT2D eigenvalue weighted by molar-refractivity contribution is -0.137. The highest BCUT2D eigenvalue weighted by Crippen LogP contribution is 2.24. The van der Waals surface area contributed by atoms with E-state index in [4.69, 9.17) is 5.11 Å². The molecule has 0 bridgehead atoms. The summed E-state index contributed by atoms with van der Waals surface area (Å²) in [6.45, 7) is 2.35. The van der Waals surface area contributed by atoms with Crippen molar-refractivity contribution in [3.05, 3.63) is 35.4 Å². The fraction of sp³-hybridized carbons (Fsp3) is 0.438. The van der Waals surface area contributed by atoms with E-state index >= 15 is 0 Å². The van der Waals surface area contributed by atoms with E-state index in [2.05, 4.69) is 0 Å². The van der Waals surface area contributed by atoms with E-state index in [0.717, 1.165) is 6.42 Å². The van der Waals surface area contributed by atoms with Crippen molar-refractivity contribution in [1.82, 2.24) is 4.90 Å². The number of hydrogen-bond donors (Lipinski definition) is 1. The number of imide groups is 1. The third-order valence-electron chi connectivity index (χ3n) is 3.98. The molecule has 1 unspecified atom stereocenters. The number of rotatable bonds is 7. The molecule has 1 aliphatic rings. The van der Waals surface area contributed by atoms with Crippen molar-refractivity contribution >= 4 is 17.8 Å². The Kier molecular flexibility index (Phi) is 4.73. The number of fused-ring (bicyclic) bond motifs is 1. The maximum Gasteiger partial charge on any atom is 0.303 e. The maximum absolute atomic E-state index is 12.2. The van der Waals surface area contributed by atoms with E-state index < -0.39 is 5.97 Å². The van der Waals surface area contributed by atoms with Gasteiger partial charge in [0.15, 0.2) is 0 Å². The van der Waals surface area contributed by atoms with Crippen molar-refractivity contribution in [2.24, 2.45) is 5.92 Å². The molecule has 1 aromatic carbocycles. The summed E-state index contributed by atoms with van der Waals surface area (Å²) in [5, 5.41) is 8.72. The molecule has 1 heterocycles. The number of carboxylic acids is 1. The van der Waals surface area contributed by atoms with Gasteiger partial charge < -0.3 is 5.11 Å². The van der Waals surface area contributed by atoms with Crippen molar-refractivity contribution in [3.8, 4) is 0 Å². The Morgan fingerprint density at radius 1 is 1.14 bits per heavy atom. The molecule has 5 nitrogen and oxygen atoms in total. The molecular weight excluding hydrogens is 270 g/mol. The molecule has 2 rings (SSSR count). The number of carbonyl (C=O) groups is 3. The molecular formula is C16H19NO4. The van der Waals surface area contributed by atoms with Crippen LogP contribution in [0.25, 0.3) is 0 Å². The largest absolute Gasteiger partial charge is 0.481 e. The number of aliphatic carboxylic acids is 1. The highest BCUT2D eigenvalue weighted by atomic mass is 16.4. The first-order valence-electron chi connectivity index (χ1n) is 7.21. The summed E-state index contributed by atoms with van der Waals surface area (Å²) in [6.07, 6.45) is 2.20. The Balaban J connectivity index is 1.97. The van der Waals surface area contributed by atoms with Gasteiger partial charge in [0.2, 0.25) is 0 Å². The minimum atomic E-state index is -0.811. The van der Waals surface area contributed by atoms with Gasteiger partial charge in [-0.25, -0.2) is 0 Å². The molecule has 1 aliphatic heterocycles. The van der Waals surface area contributed by atoms with Crippen molar-refractivity contribution in [1.29, 1.82) is 0 Å². The van der Waals surface area contributed by atoms with Crippen LogP contribution in [0.1, 0.15) is 53.3 Å². The van der Waals surface area contributed by atoms with E-state index in [0.29, 0.717) is 30.5 Å². The van der Waals surface area contributed by atoms with Gasteiger partial charge in [0.05, 0.1) is 11.1 Å². The van der Waals surface area contributed by atoms with Crippen LogP contribution >= 0.6 is 0 Å². The molecule has 0 spiro atoms. The van der Waals surface area contributed by atoms with Crippen LogP contribution < -0.4 is 0 Å². The molecule has 5 heteroatoms. The fourth-order valence-electron chi connectivity index (χ4n) is 2.63. The molecule has 1 N–H and O–H groups in total. The molecule has 2 amide bonds. The van der Waals surface area contributed by atoms with E-state index in [1.54, 1.807) is 24.3 Å². The van der Waals surface area contributed by atoms with Gasteiger partial charge in [0.1, 0.15) is 0 Å². The van der Waals surface area contributed by atoms with Gasteiger partial charge in [-0.15, -0.1) is 0 Å². The average molecular weight is 289 g/mol. The Bertz CT molecular complexity index is 532. The third kappa shape index (κ3) is 3.29. The van der Waals surface area contributed by atoms with Crippen LogP contribution in [0.4, 0.5) is 0 Å².